The molecule has 0 heterocycles. The van der Waals surface area contributed by atoms with Gasteiger partial charge in [-0.25, -0.2) is 17.2 Å². The first-order valence-electron chi connectivity index (χ1n) is 3.11. The zero-order chi connectivity index (χ0) is 8.70. The van der Waals surface area contributed by atoms with E-state index in [1.54, 1.807) is 0 Å². The van der Waals surface area contributed by atoms with E-state index in [2.05, 4.69) is 0 Å². The number of hydrogen-bond donors (Lipinski definition) is 0. The lowest BCUT2D eigenvalue weighted by molar-refractivity contribution is -0.122. The van der Waals surface area contributed by atoms with Crippen molar-refractivity contribution in [2.24, 2.45) is 5.92 Å². The van der Waals surface area contributed by atoms with Crippen LogP contribution in [0.25, 0.3) is 0 Å². The van der Waals surface area contributed by atoms with Crippen molar-refractivity contribution >= 4 is 19.7 Å². The maximum Gasteiger partial charge on any atom is 0.251 e. The molecule has 1 aliphatic carbocycles. The molecule has 0 aliphatic heterocycles. The zero-order valence-electron chi connectivity index (χ0n) is 5.56. The van der Waals surface area contributed by atoms with Crippen LogP contribution in [0.2, 0.25) is 0 Å². The van der Waals surface area contributed by atoms with Crippen LogP contribution < -0.4 is 0 Å². The average Bonchev–Trinajstić information content (AvgIpc) is 1.79. The second-order valence-electron chi connectivity index (χ2n) is 2.70. The minimum absolute atomic E-state index is 0.218. The van der Waals surface area contributed by atoms with Crippen LogP contribution in [0.3, 0.4) is 0 Å². The number of halogens is 3. The summed E-state index contributed by atoms with van der Waals surface area (Å²) in [7, 11) is 1.04. The molecule has 0 aromatic heterocycles. The van der Waals surface area contributed by atoms with Gasteiger partial charge in [0.2, 0.25) is 9.05 Å². The quantitative estimate of drug-likeness (QED) is 0.641. The highest BCUT2D eigenvalue weighted by atomic mass is 35.7. The summed E-state index contributed by atoms with van der Waals surface area (Å²) in [6.07, 6.45) is 0.0308. The molecule has 0 aromatic rings. The van der Waals surface area contributed by atoms with Crippen LogP contribution in [0.5, 0.6) is 0 Å². The number of rotatable bonds is 2. The van der Waals surface area contributed by atoms with Gasteiger partial charge in [-0.3, -0.25) is 0 Å². The van der Waals surface area contributed by atoms with Gasteiger partial charge in [0.1, 0.15) is 0 Å². The van der Waals surface area contributed by atoms with Crippen LogP contribution in [0.15, 0.2) is 0 Å². The highest BCUT2D eigenvalue weighted by Gasteiger charge is 2.49. The van der Waals surface area contributed by atoms with Crippen molar-refractivity contribution in [3.05, 3.63) is 0 Å². The molecule has 0 radical (unpaired) electrons. The molecule has 0 aromatic carbocycles. The van der Waals surface area contributed by atoms with E-state index in [0.29, 0.717) is 0 Å². The van der Waals surface area contributed by atoms with Gasteiger partial charge in [0.25, 0.3) is 5.92 Å². The fourth-order valence-corrected chi connectivity index (χ4v) is 2.36. The van der Waals surface area contributed by atoms with E-state index in [-0.39, 0.29) is 12.8 Å². The van der Waals surface area contributed by atoms with Crippen LogP contribution in [-0.2, 0) is 9.05 Å². The molecule has 0 N–H and O–H groups in total. The fraction of sp³-hybridized carbons (Fsp3) is 1.00. The highest BCUT2D eigenvalue weighted by Crippen LogP contribution is 2.44. The summed E-state index contributed by atoms with van der Waals surface area (Å²) < 4.78 is 45.5. The molecular weight excluding hydrogens is 198 g/mol. The predicted octanol–water partition coefficient (Wildman–Crippen LogP) is 1.60. The molecule has 0 bridgehead atoms. The van der Waals surface area contributed by atoms with Crippen molar-refractivity contribution < 1.29 is 17.2 Å². The molecular formula is C5H7ClF2O2S. The Balaban J connectivity index is 2.53. The molecule has 0 saturated heterocycles. The van der Waals surface area contributed by atoms with Crippen LogP contribution >= 0.6 is 10.7 Å². The molecule has 0 spiro atoms. The average molecular weight is 205 g/mol. The minimum atomic E-state index is -3.76. The van der Waals surface area contributed by atoms with Crippen molar-refractivity contribution in [3.63, 3.8) is 0 Å². The van der Waals surface area contributed by atoms with E-state index in [9.17, 15) is 17.2 Å². The van der Waals surface area contributed by atoms with Gasteiger partial charge in [-0.1, -0.05) is 0 Å². The topological polar surface area (TPSA) is 34.1 Å². The molecule has 1 fully saturated rings. The first kappa shape index (κ1) is 9.19. The number of hydrogen-bond acceptors (Lipinski definition) is 2. The molecule has 1 atom stereocenters. The van der Waals surface area contributed by atoms with E-state index < -0.39 is 26.6 Å². The van der Waals surface area contributed by atoms with Crippen molar-refractivity contribution in [2.45, 2.75) is 18.8 Å². The molecule has 6 heteroatoms. The monoisotopic (exact) mass is 204 g/mol. The summed E-state index contributed by atoms with van der Waals surface area (Å²) in [5.74, 6) is -4.49. The van der Waals surface area contributed by atoms with Crippen molar-refractivity contribution in [1.82, 2.24) is 0 Å². The van der Waals surface area contributed by atoms with Crippen molar-refractivity contribution in [3.8, 4) is 0 Å². The van der Waals surface area contributed by atoms with Gasteiger partial charge in [0.15, 0.2) is 0 Å². The lowest BCUT2D eigenvalue weighted by Crippen LogP contribution is -2.42. The number of alkyl halides is 2. The second-order valence-corrected chi connectivity index (χ2v) is 5.52. The van der Waals surface area contributed by atoms with Crippen LogP contribution in [0.1, 0.15) is 12.8 Å². The molecule has 1 rings (SSSR count). The Morgan fingerprint density at radius 2 is 2.09 bits per heavy atom. The maximum atomic E-state index is 12.4. The summed E-state index contributed by atoms with van der Waals surface area (Å²) in [4.78, 5) is 0. The van der Waals surface area contributed by atoms with Crippen LogP contribution in [0.4, 0.5) is 8.78 Å². The molecule has 1 saturated carbocycles. The normalized spacial score (nSPS) is 29.5. The van der Waals surface area contributed by atoms with Gasteiger partial charge in [0, 0.05) is 23.0 Å². The third kappa shape index (κ3) is 2.27. The lowest BCUT2D eigenvalue weighted by Gasteiger charge is -2.35. The fourth-order valence-electron chi connectivity index (χ4n) is 1.01. The lowest BCUT2D eigenvalue weighted by atomic mass is 9.82. The summed E-state index contributed by atoms with van der Waals surface area (Å²) in [5, 5.41) is 0. The molecule has 1 aliphatic rings. The Morgan fingerprint density at radius 1 is 1.55 bits per heavy atom. The van der Waals surface area contributed by atoms with Gasteiger partial charge in [-0.2, -0.15) is 0 Å². The maximum absolute atomic E-state index is 12.4. The van der Waals surface area contributed by atoms with Crippen LogP contribution in [0, 0.1) is 5.92 Å². The second kappa shape index (κ2) is 2.55. The molecule has 1 unspecified atom stereocenters. The van der Waals surface area contributed by atoms with Gasteiger partial charge in [-0.05, 0) is 6.42 Å². The molecule has 0 amide bonds. The summed E-state index contributed by atoms with van der Waals surface area (Å²) in [6, 6.07) is 0. The van der Waals surface area contributed by atoms with Gasteiger partial charge in [0.05, 0.1) is 5.75 Å². The highest BCUT2D eigenvalue weighted by molar-refractivity contribution is 8.13. The van der Waals surface area contributed by atoms with E-state index in [1.165, 1.54) is 0 Å². The van der Waals surface area contributed by atoms with E-state index in [4.69, 9.17) is 10.7 Å². The van der Waals surface area contributed by atoms with Gasteiger partial charge >= 0.3 is 0 Å². The predicted molar refractivity (Wildman–Crippen MR) is 37.3 cm³/mol. The Hall–Kier alpha value is 0.1000. The van der Waals surface area contributed by atoms with Crippen molar-refractivity contribution in [1.29, 1.82) is 0 Å². The summed E-state index contributed by atoms with van der Waals surface area (Å²) in [5.41, 5.74) is 0. The molecule has 11 heavy (non-hydrogen) atoms. The Kier molecular flexibility index (Phi) is 2.13. The first-order chi connectivity index (χ1) is 4.81. The van der Waals surface area contributed by atoms with Crippen LogP contribution in [-0.4, -0.2) is 20.1 Å². The van der Waals surface area contributed by atoms with Crippen molar-refractivity contribution in [2.75, 3.05) is 5.75 Å². The third-order valence-corrected chi connectivity index (χ3v) is 3.00. The Bertz CT molecular complexity index is 249. The smallest absolute Gasteiger partial charge is 0.212 e. The van der Waals surface area contributed by atoms with E-state index in [0.717, 1.165) is 0 Å². The largest absolute Gasteiger partial charge is 0.251 e. The summed E-state index contributed by atoms with van der Waals surface area (Å²) >= 11 is 0. The standard InChI is InChI=1S/C5H7ClF2O2S/c6-11(9,10)3-4-1-2-5(4,7)8/h4H,1-3H2. The minimum Gasteiger partial charge on any atom is -0.212 e. The SMILES string of the molecule is O=S(=O)(Cl)CC1CCC1(F)F. The zero-order valence-corrected chi connectivity index (χ0v) is 7.13. The van der Waals surface area contributed by atoms with E-state index >= 15 is 0 Å². The first-order valence-corrected chi connectivity index (χ1v) is 5.59. The van der Waals surface area contributed by atoms with Gasteiger partial charge in [-0.15, -0.1) is 0 Å². The van der Waals surface area contributed by atoms with Gasteiger partial charge < -0.3 is 0 Å². The molecule has 66 valence electrons. The Morgan fingerprint density at radius 3 is 2.18 bits per heavy atom. The van der Waals surface area contributed by atoms with E-state index in [1.807, 2.05) is 0 Å². The molecule has 2 nitrogen and oxygen atoms in total. The summed E-state index contributed by atoms with van der Waals surface area (Å²) in [6.45, 7) is 0. The third-order valence-electron chi connectivity index (χ3n) is 1.82. The Labute approximate surface area is 68.0 Å².